The summed E-state index contributed by atoms with van der Waals surface area (Å²) in [6, 6.07) is 4.52. The molecule has 0 heterocycles. The lowest BCUT2D eigenvalue weighted by Crippen LogP contribution is -2.42. The normalized spacial score (nSPS) is 22.6. The average molecular weight is 280 g/mol. The predicted molar refractivity (Wildman–Crippen MR) is 75.3 cm³/mol. The van der Waals surface area contributed by atoms with E-state index < -0.39 is 11.7 Å². The van der Waals surface area contributed by atoms with E-state index in [0.29, 0.717) is 6.04 Å². The van der Waals surface area contributed by atoms with Crippen molar-refractivity contribution >= 4 is 5.91 Å². The van der Waals surface area contributed by atoms with Gasteiger partial charge in [-0.15, -0.1) is 0 Å². The minimum Gasteiger partial charge on any atom is -0.507 e. The zero-order valence-electron chi connectivity index (χ0n) is 11.9. The number of carbonyl (C=O) groups excluding carboxylic acids is 1. The Morgan fingerprint density at radius 3 is 2.55 bits per heavy atom. The molecule has 110 valence electrons. The van der Waals surface area contributed by atoms with Crippen molar-refractivity contribution in [2.45, 2.75) is 37.8 Å². The summed E-state index contributed by atoms with van der Waals surface area (Å²) < 4.78 is 13.7. The lowest BCUT2D eigenvalue weighted by molar-refractivity contribution is 0.0677. The number of nitrogens with zero attached hydrogens (tertiary/aromatic N) is 1. The molecular formula is C15H21FN2O2. The van der Waals surface area contributed by atoms with Crippen molar-refractivity contribution in [1.29, 1.82) is 0 Å². The monoisotopic (exact) mass is 280 g/mol. The van der Waals surface area contributed by atoms with Gasteiger partial charge in [0, 0.05) is 19.1 Å². The minimum absolute atomic E-state index is 0.103. The first-order chi connectivity index (χ1) is 9.54. The zero-order chi connectivity index (χ0) is 14.7. The molecule has 1 aromatic rings. The highest BCUT2D eigenvalue weighted by Gasteiger charge is 2.28. The van der Waals surface area contributed by atoms with E-state index in [1.807, 2.05) is 7.05 Å². The molecule has 0 saturated heterocycles. The number of hydrogen-bond acceptors (Lipinski definition) is 3. The first kappa shape index (κ1) is 14.8. The Morgan fingerprint density at radius 1 is 1.35 bits per heavy atom. The van der Waals surface area contributed by atoms with Crippen LogP contribution < -0.4 is 5.32 Å². The van der Waals surface area contributed by atoms with E-state index in [1.54, 1.807) is 11.9 Å². The summed E-state index contributed by atoms with van der Waals surface area (Å²) in [5.41, 5.74) is -0.231. The van der Waals surface area contributed by atoms with E-state index in [2.05, 4.69) is 5.32 Å². The van der Waals surface area contributed by atoms with Crippen LogP contribution >= 0.6 is 0 Å². The van der Waals surface area contributed by atoms with Gasteiger partial charge >= 0.3 is 0 Å². The maximum atomic E-state index is 13.7. The van der Waals surface area contributed by atoms with Gasteiger partial charge in [-0.05, 0) is 44.9 Å². The molecule has 5 heteroatoms. The SMILES string of the molecule is CNC1CCC(N(C)C(=O)c2c(O)cccc2F)CC1. The summed E-state index contributed by atoms with van der Waals surface area (Å²) in [5.74, 6) is -1.43. The largest absolute Gasteiger partial charge is 0.507 e. The summed E-state index contributed by atoms with van der Waals surface area (Å²) in [4.78, 5) is 13.9. The van der Waals surface area contributed by atoms with Crippen LogP contribution in [0.15, 0.2) is 18.2 Å². The fraction of sp³-hybridized carbons (Fsp3) is 0.533. The van der Waals surface area contributed by atoms with Crippen LogP contribution in [0.2, 0.25) is 0 Å². The molecule has 1 aliphatic carbocycles. The molecular weight excluding hydrogens is 259 g/mol. The molecule has 1 amide bonds. The Balaban J connectivity index is 2.10. The summed E-state index contributed by atoms with van der Waals surface area (Å²) in [6.07, 6.45) is 3.79. The van der Waals surface area contributed by atoms with Gasteiger partial charge in [0.05, 0.1) is 0 Å². The maximum absolute atomic E-state index is 13.7. The van der Waals surface area contributed by atoms with Crippen LogP contribution in [0.5, 0.6) is 5.75 Å². The van der Waals surface area contributed by atoms with Gasteiger partial charge in [-0.3, -0.25) is 4.79 Å². The molecule has 1 fully saturated rings. The molecule has 0 aromatic heterocycles. The third-order valence-corrected chi connectivity index (χ3v) is 4.18. The zero-order valence-corrected chi connectivity index (χ0v) is 11.9. The molecule has 0 bridgehead atoms. The van der Waals surface area contributed by atoms with Crippen LogP contribution in [0.1, 0.15) is 36.0 Å². The Bertz CT molecular complexity index is 465. The van der Waals surface area contributed by atoms with Gasteiger partial charge in [0.2, 0.25) is 0 Å². The first-order valence-corrected chi connectivity index (χ1v) is 6.96. The van der Waals surface area contributed by atoms with Gasteiger partial charge in [0.1, 0.15) is 17.1 Å². The molecule has 0 atom stereocenters. The highest BCUT2D eigenvalue weighted by atomic mass is 19.1. The van der Waals surface area contributed by atoms with E-state index >= 15 is 0 Å². The van der Waals surface area contributed by atoms with E-state index in [9.17, 15) is 14.3 Å². The standard InChI is InChI=1S/C15H21FN2O2/c1-17-10-6-8-11(9-7-10)18(2)15(20)14-12(16)4-3-5-13(14)19/h3-5,10-11,17,19H,6-9H2,1-2H3. The molecule has 2 rings (SSSR count). The van der Waals surface area contributed by atoms with Crippen LogP contribution in [0, 0.1) is 5.82 Å². The van der Waals surface area contributed by atoms with Crippen molar-refractivity contribution in [2.75, 3.05) is 14.1 Å². The summed E-state index contributed by atoms with van der Waals surface area (Å²) in [7, 11) is 3.62. The van der Waals surface area contributed by atoms with Crippen LogP contribution in [0.3, 0.4) is 0 Å². The van der Waals surface area contributed by atoms with Crippen molar-refractivity contribution in [1.82, 2.24) is 10.2 Å². The quantitative estimate of drug-likeness (QED) is 0.892. The van der Waals surface area contributed by atoms with Crippen molar-refractivity contribution in [2.24, 2.45) is 0 Å². The minimum atomic E-state index is -0.675. The highest BCUT2D eigenvalue weighted by molar-refractivity contribution is 5.97. The lowest BCUT2D eigenvalue weighted by atomic mass is 9.90. The Kier molecular flexibility index (Phi) is 4.60. The molecule has 0 aliphatic heterocycles. The van der Waals surface area contributed by atoms with Gasteiger partial charge in [0.25, 0.3) is 5.91 Å². The van der Waals surface area contributed by atoms with Crippen molar-refractivity contribution < 1.29 is 14.3 Å². The highest BCUT2D eigenvalue weighted by Crippen LogP contribution is 2.26. The van der Waals surface area contributed by atoms with Crippen LogP contribution in [-0.2, 0) is 0 Å². The average Bonchev–Trinajstić information content (AvgIpc) is 2.46. The molecule has 0 radical (unpaired) electrons. The number of amides is 1. The topological polar surface area (TPSA) is 52.6 Å². The molecule has 0 spiro atoms. The van der Waals surface area contributed by atoms with E-state index in [4.69, 9.17) is 0 Å². The second-order valence-corrected chi connectivity index (χ2v) is 5.34. The summed E-state index contributed by atoms with van der Waals surface area (Å²) >= 11 is 0. The third kappa shape index (κ3) is 2.93. The number of phenols is 1. The van der Waals surface area contributed by atoms with Gasteiger partial charge < -0.3 is 15.3 Å². The summed E-state index contributed by atoms with van der Waals surface area (Å²) in [6.45, 7) is 0. The molecule has 2 N–H and O–H groups in total. The van der Waals surface area contributed by atoms with Crippen molar-refractivity contribution in [3.05, 3.63) is 29.6 Å². The predicted octanol–water partition coefficient (Wildman–Crippen LogP) is 2.13. The molecule has 1 aliphatic rings. The smallest absolute Gasteiger partial charge is 0.260 e. The van der Waals surface area contributed by atoms with Crippen molar-refractivity contribution in [3.8, 4) is 5.75 Å². The molecule has 20 heavy (non-hydrogen) atoms. The maximum Gasteiger partial charge on any atom is 0.260 e. The van der Waals surface area contributed by atoms with Crippen LogP contribution in [0.25, 0.3) is 0 Å². The Labute approximate surface area is 118 Å². The second-order valence-electron chi connectivity index (χ2n) is 5.34. The summed E-state index contributed by atoms with van der Waals surface area (Å²) in [5, 5.41) is 12.9. The second kappa shape index (κ2) is 6.22. The van der Waals surface area contributed by atoms with Gasteiger partial charge in [-0.2, -0.15) is 0 Å². The number of halogens is 1. The number of benzene rings is 1. The number of nitrogens with one attached hydrogen (secondary N) is 1. The van der Waals surface area contributed by atoms with E-state index in [0.717, 1.165) is 25.7 Å². The fourth-order valence-corrected chi connectivity index (χ4v) is 2.82. The van der Waals surface area contributed by atoms with Gasteiger partial charge in [-0.1, -0.05) is 6.07 Å². The number of phenolic OH excluding ortho intramolecular Hbond substituents is 1. The molecule has 0 unspecified atom stereocenters. The number of carbonyl (C=O) groups is 1. The number of hydrogen-bond donors (Lipinski definition) is 2. The van der Waals surface area contributed by atoms with Crippen LogP contribution in [0.4, 0.5) is 4.39 Å². The first-order valence-electron chi connectivity index (χ1n) is 6.96. The van der Waals surface area contributed by atoms with Crippen molar-refractivity contribution in [3.63, 3.8) is 0 Å². The molecule has 1 aromatic carbocycles. The lowest BCUT2D eigenvalue weighted by Gasteiger charge is -2.34. The van der Waals surface area contributed by atoms with E-state index in [-0.39, 0.29) is 17.4 Å². The molecule has 4 nitrogen and oxygen atoms in total. The van der Waals surface area contributed by atoms with E-state index in [1.165, 1.54) is 18.2 Å². The Hall–Kier alpha value is -1.62. The Morgan fingerprint density at radius 2 is 2.00 bits per heavy atom. The fourth-order valence-electron chi connectivity index (χ4n) is 2.82. The van der Waals surface area contributed by atoms with Crippen LogP contribution in [-0.4, -0.2) is 42.1 Å². The number of rotatable bonds is 3. The van der Waals surface area contributed by atoms with Gasteiger partial charge in [0.15, 0.2) is 0 Å². The third-order valence-electron chi connectivity index (χ3n) is 4.18. The molecule has 1 saturated carbocycles. The number of aromatic hydroxyl groups is 1. The van der Waals surface area contributed by atoms with Gasteiger partial charge in [-0.25, -0.2) is 4.39 Å².